The van der Waals surface area contributed by atoms with Gasteiger partial charge in [0, 0.05) is 36.4 Å². The van der Waals surface area contributed by atoms with E-state index in [1.165, 1.54) is 12.8 Å². The Morgan fingerprint density at radius 1 is 1.29 bits per heavy atom. The third-order valence-corrected chi connectivity index (χ3v) is 7.54. The molecule has 7 heteroatoms. The Kier molecular flexibility index (Phi) is 4.53. The first-order chi connectivity index (χ1) is 12.9. The predicted molar refractivity (Wildman–Crippen MR) is 106 cm³/mol. The lowest BCUT2D eigenvalue weighted by Crippen LogP contribution is -2.73. The minimum absolute atomic E-state index is 0. The zero-order chi connectivity index (χ0) is 19.0. The van der Waals surface area contributed by atoms with Crippen molar-refractivity contribution in [2.24, 2.45) is 11.7 Å². The summed E-state index contributed by atoms with van der Waals surface area (Å²) in [5.41, 5.74) is 5.16. The number of hydrogen-bond donors (Lipinski definition) is 3. The fraction of sp³-hybridized carbons (Fsp3) is 0.619. The van der Waals surface area contributed by atoms with Crippen molar-refractivity contribution in [1.29, 1.82) is 0 Å². The van der Waals surface area contributed by atoms with Crippen molar-refractivity contribution in [2.45, 2.75) is 62.0 Å². The lowest BCUT2D eigenvalue weighted by Gasteiger charge is -2.63. The molecule has 6 nitrogen and oxygen atoms in total. The molecule has 1 saturated heterocycles. The van der Waals surface area contributed by atoms with Crippen molar-refractivity contribution < 1.29 is 19.8 Å². The first-order valence-corrected chi connectivity index (χ1v) is 9.99. The summed E-state index contributed by atoms with van der Waals surface area (Å²) < 4.78 is 0. The van der Waals surface area contributed by atoms with E-state index in [-0.39, 0.29) is 42.0 Å². The molecular weight excluding hydrogens is 380 g/mol. The van der Waals surface area contributed by atoms with Gasteiger partial charge < -0.3 is 15.9 Å². The van der Waals surface area contributed by atoms with Crippen LogP contribution in [0.3, 0.4) is 0 Å². The van der Waals surface area contributed by atoms with E-state index in [0.29, 0.717) is 31.2 Å². The van der Waals surface area contributed by atoms with Crippen molar-refractivity contribution in [3.63, 3.8) is 0 Å². The number of Topliss-reactive ketones (excluding diaryl/α,β-unsaturated/α-hetero) is 1. The van der Waals surface area contributed by atoms with Gasteiger partial charge in [-0.15, -0.1) is 12.4 Å². The minimum Gasteiger partial charge on any atom is -0.507 e. The van der Waals surface area contributed by atoms with Gasteiger partial charge in [-0.1, -0.05) is 6.07 Å². The lowest BCUT2D eigenvalue weighted by molar-refractivity contribution is -0.173. The Morgan fingerprint density at radius 3 is 2.71 bits per heavy atom. The smallest absolute Gasteiger partial charge is 0.252 e. The highest BCUT2D eigenvalue weighted by Gasteiger charge is 2.65. The maximum absolute atomic E-state index is 12.5. The number of ketones is 1. The summed E-state index contributed by atoms with van der Waals surface area (Å²) in [6.45, 7) is 1.80. The number of carbonyl (C=O) groups excluding carboxylic acids is 2. The van der Waals surface area contributed by atoms with Crippen LogP contribution in [-0.4, -0.2) is 51.5 Å². The molecular formula is C21H27ClN2O4. The largest absolute Gasteiger partial charge is 0.507 e. The quantitative estimate of drug-likeness (QED) is 0.708. The average Bonchev–Trinajstić information content (AvgIpc) is 3.42. The molecule has 0 spiro atoms. The van der Waals surface area contributed by atoms with E-state index < -0.39 is 16.9 Å². The molecule has 0 aromatic heterocycles. The number of primary amides is 1. The summed E-state index contributed by atoms with van der Waals surface area (Å²) in [4.78, 5) is 26.7. The molecule has 3 aliphatic carbocycles. The van der Waals surface area contributed by atoms with Gasteiger partial charge in [0.1, 0.15) is 11.5 Å². The van der Waals surface area contributed by atoms with Crippen LogP contribution in [0.25, 0.3) is 0 Å². The van der Waals surface area contributed by atoms with Gasteiger partial charge in [0.25, 0.3) is 5.91 Å². The predicted octanol–water partition coefficient (Wildman–Crippen LogP) is 1.68. The Balaban J connectivity index is 0.00000192. The van der Waals surface area contributed by atoms with E-state index in [1.807, 2.05) is 6.07 Å². The molecule has 28 heavy (non-hydrogen) atoms. The Labute approximate surface area is 170 Å². The number of fused-ring (bicyclic) bond motifs is 1. The SMILES string of the molecule is Cl.NC(=O)c1ccc2c(c1O)[C@]13CCN(CC4CC4)[C@H](C2)[C@]1(O)CCC(=O)C3. The molecule has 0 radical (unpaired) electrons. The number of phenols is 1. The summed E-state index contributed by atoms with van der Waals surface area (Å²) in [5, 5.41) is 22.9. The van der Waals surface area contributed by atoms with Crippen LogP contribution in [0, 0.1) is 5.92 Å². The first kappa shape index (κ1) is 19.7. The fourth-order valence-corrected chi connectivity index (χ4v) is 6.05. The van der Waals surface area contributed by atoms with Crippen molar-refractivity contribution in [3.05, 3.63) is 28.8 Å². The van der Waals surface area contributed by atoms with Gasteiger partial charge >= 0.3 is 0 Å². The molecule has 0 unspecified atom stereocenters. The molecule has 1 amide bonds. The molecule has 1 aromatic rings. The Hall–Kier alpha value is -1.63. The highest BCUT2D eigenvalue weighted by molar-refractivity contribution is 5.96. The first-order valence-electron chi connectivity index (χ1n) is 9.99. The summed E-state index contributed by atoms with van der Waals surface area (Å²) in [5.74, 6) is 0.0112. The number of piperidine rings is 1. The van der Waals surface area contributed by atoms with Crippen LogP contribution < -0.4 is 5.73 Å². The van der Waals surface area contributed by atoms with E-state index >= 15 is 0 Å². The fourth-order valence-electron chi connectivity index (χ4n) is 6.05. The third kappa shape index (κ3) is 2.54. The Morgan fingerprint density at radius 2 is 2.04 bits per heavy atom. The van der Waals surface area contributed by atoms with Gasteiger partial charge in [0.15, 0.2) is 0 Å². The number of hydrogen-bond acceptors (Lipinski definition) is 5. The standard InChI is InChI=1S/C21H26N2O4.ClH/c22-19(26)15-4-3-13-9-16-21(27)6-5-14(24)10-20(21,17(13)18(15)25)7-8-23(16)11-12-1-2-12;/h3-4,12,16,25,27H,1-2,5-11H2,(H2,22,26);1H/t16-,20-,21-;/m1./s1. The molecule has 4 N–H and O–H groups in total. The topological polar surface area (TPSA) is 104 Å². The number of amides is 1. The van der Waals surface area contributed by atoms with Crippen LogP contribution in [0.4, 0.5) is 0 Å². The van der Waals surface area contributed by atoms with Crippen LogP contribution >= 0.6 is 12.4 Å². The minimum atomic E-state index is -1.06. The lowest BCUT2D eigenvalue weighted by atomic mass is 9.49. The van der Waals surface area contributed by atoms with Crippen LogP contribution in [0.5, 0.6) is 5.75 Å². The van der Waals surface area contributed by atoms with Crippen molar-refractivity contribution >= 4 is 24.1 Å². The number of likely N-dealkylation sites (tertiary alicyclic amines) is 1. The summed E-state index contributed by atoms with van der Waals surface area (Å²) in [6.07, 6.45) is 4.76. The number of carbonyl (C=O) groups is 2. The highest BCUT2D eigenvalue weighted by atomic mass is 35.5. The summed E-state index contributed by atoms with van der Waals surface area (Å²) in [7, 11) is 0. The molecule has 2 saturated carbocycles. The van der Waals surface area contributed by atoms with Crippen LogP contribution in [0.1, 0.15) is 60.0 Å². The second kappa shape index (κ2) is 6.44. The normalized spacial score (nSPS) is 34.2. The summed E-state index contributed by atoms with van der Waals surface area (Å²) >= 11 is 0. The molecule has 152 valence electrons. The molecule has 3 fully saturated rings. The van der Waals surface area contributed by atoms with Gasteiger partial charge in [0.2, 0.25) is 0 Å². The number of benzene rings is 1. The van der Waals surface area contributed by atoms with Gasteiger partial charge in [-0.25, -0.2) is 0 Å². The number of rotatable bonds is 3. The summed E-state index contributed by atoms with van der Waals surface area (Å²) in [6, 6.07) is 3.37. The third-order valence-electron chi connectivity index (χ3n) is 7.54. The van der Waals surface area contributed by atoms with Crippen molar-refractivity contribution in [1.82, 2.24) is 4.90 Å². The number of halogens is 1. The van der Waals surface area contributed by atoms with E-state index in [2.05, 4.69) is 4.90 Å². The molecule has 5 rings (SSSR count). The Bertz CT molecular complexity index is 855. The molecule has 2 bridgehead atoms. The van der Waals surface area contributed by atoms with Gasteiger partial charge in [-0.3, -0.25) is 14.5 Å². The van der Waals surface area contributed by atoms with Crippen molar-refractivity contribution in [2.75, 3.05) is 13.1 Å². The zero-order valence-corrected chi connectivity index (χ0v) is 16.6. The number of aromatic hydroxyl groups is 1. The zero-order valence-electron chi connectivity index (χ0n) is 15.8. The molecule has 1 aliphatic heterocycles. The molecule has 4 aliphatic rings. The molecule has 1 aromatic carbocycles. The van der Waals surface area contributed by atoms with Gasteiger partial charge in [0.05, 0.1) is 11.2 Å². The monoisotopic (exact) mass is 406 g/mol. The highest BCUT2D eigenvalue weighted by Crippen LogP contribution is 2.60. The maximum Gasteiger partial charge on any atom is 0.252 e. The van der Waals surface area contributed by atoms with Crippen molar-refractivity contribution in [3.8, 4) is 5.75 Å². The average molecular weight is 407 g/mol. The van der Waals surface area contributed by atoms with E-state index in [0.717, 1.165) is 24.6 Å². The molecule has 1 heterocycles. The van der Waals surface area contributed by atoms with E-state index in [4.69, 9.17) is 5.73 Å². The number of nitrogens with zero attached hydrogens (tertiary/aromatic N) is 1. The number of aliphatic hydroxyl groups is 1. The second-order valence-corrected chi connectivity index (χ2v) is 8.99. The second-order valence-electron chi connectivity index (χ2n) is 8.99. The maximum atomic E-state index is 12.5. The van der Waals surface area contributed by atoms with E-state index in [1.54, 1.807) is 6.07 Å². The van der Waals surface area contributed by atoms with Crippen LogP contribution in [0.2, 0.25) is 0 Å². The van der Waals surface area contributed by atoms with Crippen LogP contribution in [0.15, 0.2) is 12.1 Å². The van der Waals surface area contributed by atoms with Crippen LogP contribution in [-0.2, 0) is 16.6 Å². The van der Waals surface area contributed by atoms with Gasteiger partial charge in [-0.05, 0) is 56.2 Å². The van der Waals surface area contributed by atoms with Gasteiger partial charge in [-0.2, -0.15) is 0 Å². The number of nitrogens with two attached hydrogens (primary N) is 1. The molecule has 3 atom stereocenters. The van der Waals surface area contributed by atoms with E-state index in [9.17, 15) is 19.8 Å².